The zero-order chi connectivity index (χ0) is 74.2. The van der Waals surface area contributed by atoms with Crippen LogP contribution in [0, 0.1) is 11.8 Å². The molecule has 0 aromatic rings. The maximum atomic E-state index is 13.1. The van der Waals surface area contributed by atoms with Crippen LogP contribution < -0.4 is 0 Å². The van der Waals surface area contributed by atoms with Crippen molar-refractivity contribution < 1.29 is 80.2 Å². The van der Waals surface area contributed by atoms with Gasteiger partial charge in [0.15, 0.2) is 12.2 Å². The SMILES string of the molecule is CCCCCCCCCCCCCCCCCCCC(=O)OC[C@H](COP(=O)(O)OC[C@@H](O)COP(=O)(O)OC[C@@H](COC(=O)CCCCCCCCCCCC(C)C)OC(=O)CCCCCCCCCCCCCCC(C)C)OC(=O)CCCCCCCCCCCCCCCCCCC. The quantitative estimate of drug-likeness (QED) is 0.0222. The topological polar surface area (TPSA) is 237 Å². The summed E-state index contributed by atoms with van der Waals surface area (Å²) in [6.45, 7) is 9.64. The summed E-state index contributed by atoms with van der Waals surface area (Å²) in [7, 11) is -9.92. The highest BCUT2D eigenvalue weighted by molar-refractivity contribution is 7.47. The zero-order valence-electron chi connectivity index (χ0n) is 66.2. The summed E-state index contributed by atoms with van der Waals surface area (Å²) in [6.07, 6.45) is 63.7. The van der Waals surface area contributed by atoms with E-state index in [0.717, 1.165) is 102 Å². The molecular formula is C82H160O17P2. The second-order valence-corrected chi connectivity index (χ2v) is 33.4. The Morgan fingerprint density at radius 2 is 0.455 bits per heavy atom. The summed E-state index contributed by atoms with van der Waals surface area (Å²) >= 11 is 0. The van der Waals surface area contributed by atoms with Crippen LogP contribution in [0.15, 0.2) is 0 Å². The molecule has 17 nitrogen and oxygen atoms in total. The highest BCUT2D eigenvalue weighted by Gasteiger charge is 2.30. The average molecular weight is 1480 g/mol. The van der Waals surface area contributed by atoms with Gasteiger partial charge in [0.05, 0.1) is 26.4 Å². The second-order valence-electron chi connectivity index (χ2n) is 30.5. The molecule has 0 aromatic heterocycles. The number of hydrogen-bond acceptors (Lipinski definition) is 15. The number of aliphatic hydroxyl groups is 1. The van der Waals surface area contributed by atoms with Crippen molar-refractivity contribution in [1.82, 2.24) is 0 Å². The van der Waals surface area contributed by atoms with Crippen molar-refractivity contribution in [3.05, 3.63) is 0 Å². The predicted octanol–water partition coefficient (Wildman–Crippen LogP) is 24.7. The summed E-state index contributed by atoms with van der Waals surface area (Å²) < 4.78 is 68.8. The molecule has 0 rings (SSSR count). The third-order valence-electron chi connectivity index (χ3n) is 19.2. The van der Waals surface area contributed by atoms with Gasteiger partial charge in [0.25, 0.3) is 0 Å². The van der Waals surface area contributed by atoms with Gasteiger partial charge in [-0.3, -0.25) is 37.3 Å². The van der Waals surface area contributed by atoms with E-state index in [1.54, 1.807) is 0 Å². The molecule has 0 amide bonds. The van der Waals surface area contributed by atoms with Crippen molar-refractivity contribution in [2.75, 3.05) is 39.6 Å². The van der Waals surface area contributed by atoms with E-state index in [2.05, 4.69) is 41.5 Å². The molecule has 0 aliphatic heterocycles. The van der Waals surface area contributed by atoms with Crippen LogP contribution in [0.5, 0.6) is 0 Å². The lowest BCUT2D eigenvalue weighted by Gasteiger charge is -2.21. The maximum Gasteiger partial charge on any atom is 0.472 e. The summed E-state index contributed by atoms with van der Waals surface area (Å²) in [5.41, 5.74) is 0. The Bertz CT molecular complexity index is 1940. The van der Waals surface area contributed by atoms with E-state index in [9.17, 15) is 43.2 Å². The summed E-state index contributed by atoms with van der Waals surface area (Å²) in [5, 5.41) is 10.7. The number of ether oxygens (including phenoxy) is 4. The Labute approximate surface area is 619 Å². The van der Waals surface area contributed by atoms with Gasteiger partial charge in [-0.15, -0.1) is 0 Å². The number of hydrogen-bond donors (Lipinski definition) is 3. The Morgan fingerprint density at radius 3 is 0.673 bits per heavy atom. The predicted molar refractivity (Wildman–Crippen MR) is 414 cm³/mol. The first-order chi connectivity index (χ1) is 48.9. The zero-order valence-corrected chi connectivity index (χ0v) is 68.0. The lowest BCUT2D eigenvalue weighted by molar-refractivity contribution is -0.161. The van der Waals surface area contributed by atoms with Crippen LogP contribution in [0.2, 0.25) is 0 Å². The molecule has 2 unspecified atom stereocenters. The van der Waals surface area contributed by atoms with Gasteiger partial charge in [-0.25, -0.2) is 9.13 Å². The van der Waals surface area contributed by atoms with Gasteiger partial charge in [-0.1, -0.05) is 382 Å². The molecule has 0 fully saturated rings. The van der Waals surface area contributed by atoms with Crippen molar-refractivity contribution in [3.8, 4) is 0 Å². The van der Waals surface area contributed by atoms with Crippen LogP contribution in [-0.4, -0.2) is 96.7 Å². The Hall–Kier alpha value is -1.94. The number of carbonyl (C=O) groups excluding carboxylic acids is 4. The molecule has 5 atom stereocenters. The van der Waals surface area contributed by atoms with Gasteiger partial charge >= 0.3 is 39.5 Å². The molecule has 101 heavy (non-hydrogen) atoms. The Balaban J connectivity index is 5.26. The van der Waals surface area contributed by atoms with Crippen molar-refractivity contribution >= 4 is 39.5 Å². The molecule has 0 aliphatic carbocycles. The van der Waals surface area contributed by atoms with Crippen LogP contribution in [0.3, 0.4) is 0 Å². The number of aliphatic hydroxyl groups excluding tert-OH is 1. The number of carbonyl (C=O) groups is 4. The molecular weight excluding hydrogens is 1320 g/mol. The van der Waals surface area contributed by atoms with Gasteiger partial charge in [0.1, 0.15) is 19.3 Å². The number of phosphoric ester groups is 2. The normalized spacial score (nSPS) is 13.9. The molecule has 0 radical (unpaired) electrons. The van der Waals surface area contributed by atoms with Crippen LogP contribution in [0.4, 0.5) is 0 Å². The van der Waals surface area contributed by atoms with Crippen LogP contribution in [0.1, 0.15) is 433 Å². The number of unbranched alkanes of at least 4 members (excludes halogenated alkanes) is 51. The number of phosphoric acid groups is 2. The molecule has 0 heterocycles. The molecule has 0 saturated carbocycles. The Kier molecular flexibility index (Phi) is 72.2. The molecule has 19 heteroatoms. The van der Waals surface area contributed by atoms with E-state index in [-0.39, 0.29) is 25.7 Å². The fourth-order valence-corrected chi connectivity index (χ4v) is 14.3. The van der Waals surface area contributed by atoms with Crippen molar-refractivity contribution in [2.45, 2.75) is 452 Å². The molecule has 0 saturated heterocycles. The van der Waals surface area contributed by atoms with E-state index in [1.165, 1.54) is 250 Å². The molecule has 3 N–H and O–H groups in total. The summed E-state index contributed by atoms with van der Waals surface area (Å²) in [6, 6.07) is 0. The third-order valence-corrected chi connectivity index (χ3v) is 21.1. The fraction of sp³-hybridized carbons (Fsp3) is 0.951. The minimum Gasteiger partial charge on any atom is -0.462 e. The highest BCUT2D eigenvalue weighted by atomic mass is 31.2. The molecule has 0 aliphatic rings. The average Bonchev–Trinajstić information content (AvgIpc) is 0.961. The monoisotopic (exact) mass is 1480 g/mol. The molecule has 0 aromatic carbocycles. The first-order valence-corrected chi connectivity index (χ1v) is 45.5. The minimum atomic E-state index is -4.96. The maximum absolute atomic E-state index is 13.1. The van der Waals surface area contributed by atoms with E-state index in [0.29, 0.717) is 25.7 Å². The van der Waals surface area contributed by atoms with E-state index >= 15 is 0 Å². The summed E-state index contributed by atoms with van der Waals surface area (Å²) in [4.78, 5) is 73.1. The molecule has 0 spiro atoms. The lowest BCUT2D eigenvalue weighted by atomic mass is 10.0. The van der Waals surface area contributed by atoms with Crippen LogP contribution in [0.25, 0.3) is 0 Å². The number of rotatable bonds is 81. The Morgan fingerprint density at radius 1 is 0.267 bits per heavy atom. The molecule has 600 valence electrons. The standard InChI is InChI=1S/C82H160O17P2/c1-7-9-11-13-15-17-19-21-23-25-27-29-34-40-46-52-58-64-79(84)92-70-77(98-81(86)66-60-54-48-41-35-30-28-26-24-22-20-18-16-14-12-10-8-2)72-96-100(88,89)94-68-76(83)69-95-101(90,91)97-73-78(71-93-80(85)65-59-53-47-43-37-39-45-51-57-63-75(5)6)99-82(87)67-61-55-49-42-36-32-31-33-38-44-50-56-62-74(3)4/h74-78,83H,7-73H2,1-6H3,(H,88,89)(H,90,91)/t76-,77-,78-/m1/s1. The smallest absolute Gasteiger partial charge is 0.462 e. The fourth-order valence-electron chi connectivity index (χ4n) is 12.7. The first kappa shape index (κ1) is 99.1. The first-order valence-electron chi connectivity index (χ1n) is 42.5. The number of esters is 4. The molecule has 0 bridgehead atoms. The van der Waals surface area contributed by atoms with Crippen LogP contribution >= 0.6 is 15.6 Å². The van der Waals surface area contributed by atoms with Gasteiger partial charge in [-0.05, 0) is 37.5 Å². The van der Waals surface area contributed by atoms with Gasteiger partial charge in [-0.2, -0.15) is 0 Å². The van der Waals surface area contributed by atoms with Gasteiger partial charge in [0, 0.05) is 25.7 Å². The summed E-state index contributed by atoms with van der Waals surface area (Å²) in [5.74, 6) is -0.585. The second kappa shape index (κ2) is 73.6. The van der Waals surface area contributed by atoms with Gasteiger partial charge < -0.3 is 33.8 Å². The van der Waals surface area contributed by atoms with Crippen molar-refractivity contribution in [3.63, 3.8) is 0 Å². The van der Waals surface area contributed by atoms with Crippen molar-refractivity contribution in [2.24, 2.45) is 11.8 Å². The largest absolute Gasteiger partial charge is 0.472 e. The van der Waals surface area contributed by atoms with Crippen LogP contribution in [-0.2, 0) is 65.4 Å². The van der Waals surface area contributed by atoms with E-state index in [4.69, 9.17) is 37.0 Å². The minimum absolute atomic E-state index is 0.107. The van der Waals surface area contributed by atoms with Gasteiger partial charge in [0.2, 0.25) is 0 Å². The lowest BCUT2D eigenvalue weighted by Crippen LogP contribution is -2.30. The van der Waals surface area contributed by atoms with E-state index < -0.39 is 97.5 Å². The van der Waals surface area contributed by atoms with Crippen molar-refractivity contribution in [1.29, 1.82) is 0 Å². The highest BCUT2D eigenvalue weighted by Crippen LogP contribution is 2.45. The third kappa shape index (κ3) is 76.1. The van der Waals surface area contributed by atoms with E-state index in [1.807, 2.05) is 0 Å².